The number of carbonyl (C=O) groups is 1. The van der Waals surface area contributed by atoms with E-state index in [-0.39, 0.29) is 5.78 Å². The van der Waals surface area contributed by atoms with Crippen molar-refractivity contribution in [3.05, 3.63) is 59.3 Å². The second-order valence-corrected chi connectivity index (χ2v) is 7.74. The zero-order valence-electron chi connectivity index (χ0n) is 17.3. The molecule has 0 radical (unpaired) electrons. The minimum Gasteiger partial charge on any atom is -0.354 e. The normalized spacial score (nSPS) is 15.4. The van der Waals surface area contributed by atoms with Gasteiger partial charge in [-0.25, -0.2) is 4.98 Å². The summed E-state index contributed by atoms with van der Waals surface area (Å²) in [6, 6.07) is 10.4. The number of anilines is 1. The van der Waals surface area contributed by atoms with Crippen LogP contribution in [0.3, 0.4) is 0 Å². The van der Waals surface area contributed by atoms with Crippen molar-refractivity contribution >= 4 is 11.6 Å². The van der Waals surface area contributed by atoms with E-state index in [4.69, 9.17) is 0 Å². The molecule has 0 spiro atoms. The van der Waals surface area contributed by atoms with Gasteiger partial charge in [-0.2, -0.15) is 13.2 Å². The van der Waals surface area contributed by atoms with Crippen LogP contribution in [-0.4, -0.2) is 48.4 Å². The average Bonchev–Trinajstić information content (AvgIpc) is 2.74. The molecule has 0 bridgehead atoms. The Morgan fingerprint density at radius 1 is 1.00 bits per heavy atom. The molecule has 0 unspecified atom stereocenters. The summed E-state index contributed by atoms with van der Waals surface area (Å²) in [5.41, 5.74) is 1.24. The van der Waals surface area contributed by atoms with E-state index in [1.807, 2.05) is 29.2 Å². The van der Waals surface area contributed by atoms with Crippen molar-refractivity contribution in [2.24, 2.45) is 0 Å². The Morgan fingerprint density at radius 3 is 2.27 bits per heavy atom. The Labute approximate surface area is 175 Å². The predicted molar refractivity (Wildman–Crippen MR) is 112 cm³/mol. The van der Waals surface area contributed by atoms with Gasteiger partial charge in [0.1, 0.15) is 5.82 Å². The number of aryl methyl sites for hydroxylation is 1. The molecule has 30 heavy (non-hydrogen) atoms. The van der Waals surface area contributed by atoms with Gasteiger partial charge in [0.2, 0.25) is 0 Å². The van der Waals surface area contributed by atoms with Crippen molar-refractivity contribution in [3.8, 4) is 0 Å². The average molecular weight is 419 g/mol. The molecule has 1 aliphatic rings. The van der Waals surface area contributed by atoms with E-state index >= 15 is 0 Å². The molecule has 0 saturated carbocycles. The molecule has 162 valence electrons. The fourth-order valence-corrected chi connectivity index (χ4v) is 3.61. The quantitative estimate of drug-likeness (QED) is 0.453. The maximum atomic E-state index is 12.7. The van der Waals surface area contributed by atoms with Gasteiger partial charge < -0.3 is 4.90 Å². The van der Waals surface area contributed by atoms with Crippen LogP contribution in [0.4, 0.5) is 19.0 Å². The van der Waals surface area contributed by atoms with Crippen molar-refractivity contribution in [2.75, 3.05) is 37.6 Å². The number of unbranched alkanes of at least 4 members (excludes halogenated alkanes) is 2. The Bertz CT molecular complexity index is 811. The molecule has 2 aromatic rings. The summed E-state index contributed by atoms with van der Waals surface area (Å²) in [6.07, 6.45) is 1.12. The van der Waals surface area contributed by atoms with E-state index in [2.05, 4.69) is 16.8 Å². The maximum absolute atomic E-state index is 12.7. The minimum atomic E-state index is -4.38. The zero-order chi connectivity index (χ0) is 21.6. The van der Waals surface area contributed by atoms with Gasteiger partial charge in [0.15, 0.2) is 5.78 Å². The number of hydrogen-bond acceptors (Lipinski definition) is 4. The van der Waals surface area contributed by atoms with Gasteiger partial charge in [0, 0.05) is 37.9 Å². The van der Waals surface area contributed by atoms with Gasteiger partial charge in [0.05, 0.1) is 12.1 Å². The first kappa shape index (κ1) is 22.3. The minimum absolute atomic E-state index is 0.0937. The van der Waals surface area contributed by atoms with Gasteiger partial charge in [0.25, 0.3) is 0 Å². The summed E-state index contributed by atoms with van der Waals surface area (Å²) in [6.45, 7) is 5.13. The van der Waals surface area contributed by atoms with E-state index < -0.39 is 11.7 Å². The third kappa shape index (κ3) is 6.05. The van der Waals surface area contributed by atoms with E-state index in [0.717, 1.165) is 24.2 Å². The third-order valence-corrected chi connectivity index (χ3v) is 5.48. The third-order valence-electron chi connectivity index (χ3n) is 5.48. The number of pyridine rings is 1. The number of benzene rings is 1. The second kappa shape index (κ2) is 10.1. The number of ketones is 1. The summed E-state index contributed by atoms with van der Waals surface area (Å²) in [7, 11) is 0. The van der Waals surface area contributed by atoms with Gasteiger partial charge in [-0.05, 0) is 30.5 Å². The smallest absolute Gasteiger partial charge is 0.354 e. The lowest BCUT2D eigenvalue weighted by Crippen LogP contribution is -2.48. The lowest BCUT2D eigenvalue weighted by molar-refractivity contribution is -0.137. The van der Waals surface area contributed by atoms with E-state index in [0.29, 0.717) is 38.5 Å². The first-order chi connectivity index (χ1) is 14.4. The van der Waals surface area contributed by atoms with Crippen molar-refractivity contribution in [1.82, 2.24) is 9.88 Å². The van der Waals surface area contributed by atoms with E-state index in [9.17, 15) is 18.0 Å². The second-order valence-electron chi connectivity index (χ2n) is 7.74. The van der Waals surface area contributed by atoms with Gasteiger partial charge in [-0.1, -0.05) is 44.0 Å². The Hall–Kier alpha value is -2.41. The molecule has 3 rings (SSSR count). The van der Waals surface area contributed by atoms with Gasteiger partial charge in [-0.15, -0.1) is 0 Å². The van der Waals surface area contributed by atoms with Crippen LogP contribution >= 0.6 is 0 Å². The maximum Gasteiger partial charge on any atom is 0.417 e. The molecule has 0 aliphatic carbocycles. The molecule has 4 nitrogen and oxygen atoms in total. The van der Waals surface area contributed by atoms with Crippen LogP contribution < -0.4 is 4.90 Å². The summed E-state index contributed by atoms with van der Waals surface area (Å²) >= 11 is 0. The van der Waals surface area contributed by atoms with Crippen LogP contribution in [0.1, 0.15) is 47.7 Å². The topological polar surface area (TPSA) is 36.4 Å². The fourth-order valence-electron chi connectivity index (χ4n) is 3.61. The number of nitrogens with zero attached hydrogens (tertiary/aromatic N) is 3. The van der Waals surface area contributed by atoms with Crippen molar-refractivity contribution in [1.29, 1.82) is 0 Å². The zero-order valence-corrected chi connectivity index (χ0v) is 17.3. The molecule has 1 saturated heterocycles. The molecule has 0 N–H and O–H groups in total. The summed E-state index contributed by atoms with van der Waals surface area (Å²) in [5.74, 6) is 0.629. The number of carbonyl (C=O) groups excluding carboxylic acids is 1. The van der Waals surface area contributed by atoms with E-state index in [1.54, 1.807) is 0 Å². The number of alkyl halides is 3. The molecule has 2 heterocycles. The SMILES string of the molecule is CCCCCc1ccc(C(=O)CN2CCN(c3ccc(C(F)(F)F)cn3)CC2)cc1. The number of Topliss-reactive ketones (excluding diaryl/α,β-unsaturated/α-hetero) is 1. The number of rotatable bonds is 8. The lowest BCUT2D eigenvalue weighted by Gasteiger charge is -2.35. The predicted octanol–water partition coefficient (Wildman–Crippen LogP) is 4.84. The molecule has 1 aromatic carbocycles. The van der Waals surface area contributed by atoms with Crippen molar-refractivity contribution in [2.45, 2.75) is 38.8 Å². The Morgan fingerprint density at radius 2 is 1.70 bits per heavy atom. The first-order valence-electron chi connectivity index (χ1n) is 10.5. The molecule has 1 fully saturated rings. The van der Waals surface area contributed by atoms with Crippen molar-refractivity contribution in [3.63, 3.8) is 0 Å². The van der Waals surface area contributed by atoms with Gasteiger partial charge >= 0.3 is 6.18 Å². The highest BCUT2D eigenvalue weighted by Crippen LogP contribution is 2.29. The van der Waals surface area contributed by atoms with Crippen LogP contribution in [0.15, 0.2) is 42.6 Å². The summed E-state index contributed by atoms with van der Waals surface area (Å²) in [5, 5.41) is 0. The number of hydrogen-bond donors (Lipinski definition) is 0. The highest BCUT2D eigenvalue weighted by atomic mass is 19.4. The van der Waals surface area contributed by atoms with Gasteiger partial charge in [-0.3, -0.25) is 9.69 Å². The number of aromatic nitrogens is 1. The van der Waals surface area contributed by atoms with Crippen LogP contribution in [0.25, 0.3) is 0 Å². The monoisotopic (exact) mass is 419 g/mol. The number of piperazine rings is 1. The molecular formula is C23H28F3N3O. The fraction of sp³-hybridized carbons (Fsp3) is 0.478. The van der Waals surface area contributed by atoms with Crippen molar-refractivity contribution < 1.29 is 18.0 Å². The summed E-state index contributed by atoms with van der Waals surface area (Å²) < 4.78 is 38.0. The highest BCUT2D eigenvalue weighted by Gasteiger charge is 2.31. The Kier molecular flexibility index (Phi) is 7.48. The Balaban J connectivity index is 1.47. The van der Waals surface area contributed by atoms with Crippen LogP contribution in [0.2, 0.25) is 0 Å². The molecule has 7 heteroatoms. The largest absolute Gasteiger partial charge is 0.417 e. The first-order valence-corrected chi connectivity index (χ1v) is 10.5. The molecule has 0 amide bonds. The van der Waals surface area contributed by atoms with Crippen LogP contribution in [0.5, 0.6) is 0 Å². The van der Waals surface area contributed by atoms with Crippen LogP contribution in [-0.2, 0) is 12.6 Å². The lowest BCUT2D eigenvalue weighted by atomic mass is 10.0. The van der Waals surface area contributed by atoms with Crippen LogP contribution in [0, 0.1) is 0 Å². The standard InChI is InChI=1S/C23H28F3N3O/c1-2-3-4-5-18-6-8-19(9-7-18)21(30)17-28-12-14-29(15-13-28)22-11-10-20(16-27-22)23(24,25)26/h6-11,16H,2-5,12-15,17H2,1H3. The molecule has 1 aliphatic heterocycles. The summed E-state index contributed by atoms with van der Waals surface area (Å²) in [4.78, 5) is 20.6. The number of halogens is 3. The highest BCUT2D eigenvalue weighted by molar-refractivity contribution is 5.97. The molecular weight excluding hydrogens is 391 g/mol. The molecule has 0 atom stereocenters. The molecule has 1 aromatic heterocycles. The van der Waals surface area contributed by atoms with E-state index in [1.165, 1.54) is 30.9 Å².